The molecule has 0 spiro atoms. The van der Waals surface area contributed by atoms with Gasteiger partial charge >= 0.3 is 5.97 Å². The van der Waals surface area contributed by atoms with Crippen molar-refractivity contribution in [3.8, 4) is 0 Å². The number of carbonyl (C=O) groups excluding carboxylic acids is 1. The van der Waals surface area contributed by atoms with Crippen LogP contribution < -0.4 is 0 Å². The Balaban J connectivity index is 2.59. The van der Waals surface area contributed by atoms with Crippen molar-refractivity contribution in [1.82, 2.24) is 4.98 Å². The molecule has 1 aromatic heterocycles. The summed E-state index contributed by atoms with van der Waals surface area (Å²) >= 11 is 3.22. The second kappa shape index (κ2) is 5.99. The van der Waals surface area contributed by atoms with Crippen LogP contribution in [0, 0.1) is 5.92 Å². The SMILES string of the molecule is CC(C)CC(C)OC(=O)c1cccc(Br)n1. The highest BCUT2D eigenvalue weighted by Crippen LogP contribution is 2.11. The highest BCUT2D eigenvalue weighted by molar-refractivity contribution is 9.10. The average molecular weight is 286 g/mol. The van der Waals surface area contributed by atoms with E-state index in [0.717, 1.165) is 6.42 Å². The van der Waals surface area contributed by atoms with Gasteiger partial charge in [0.15, 0.2) is 0 Å². The fourth-order valence-corrected chi connectivity index (χ4v) is 1.82. The first-order valence-electron chi connectivity index (χ1n) is 5.32. The third-order valence-electron chi connectivity index (χ3n) is 2.04. The first kappa shape index (κ1) is 13.2. The van der Waals surface area contributed by atoms with Crippen LogP contribution >= 0.6 is 15.9 Å². The van der Waals surface area contributed by atoms with Crippen LogP contribution in [0.15, 0.2) is 22.8 Å². The second-order valence-electron chi connectivity index (χ2n) is 4.19. The standard InChI is InChI=1S/C12H16BrNO2/c1-8(2)7-9(3)16-12(15)10-5-4-6-11(13)14-10/h4-6,8-9H,7H2,1-3H3. The molecule has 1 rings (SSSR count). The van der Waals surface area contributed by atoms with Gasteiger partial charge in [0, 0.05) is 0 Å². The molecule has 1 unspecified atom stereocenters. The van der Waals surface area contributed by atoms with E-state index in [1.54, 1.807) is 18.2 Å². The third kappa shape index (κ3) is 4.31. The fourth-order valence-electron chi connectivity index (χ4n) is 1.48. The van der Waals surface area contributed by atoms with E-state index in [1.807, 2.05) is 6.92 Å². The van der Waals surface area contributed by atoms with E-state index in [0.29, 0.717) is 16.2 Å². The third-order valence-corrected chi connectivity index (χ3v) is 2.48. The Bertz CT molecular complexity index is 366. The van der Waals surface area contributed by atoms with Gasteiger partial charge in [-0.1, -0.05) is 19.9 Å². The zero-order chi connectivity index (χ0) is 12.1. The molecule has 0 bridgehead atoms. The van der Waals surface area contributed by atoms with E-state index in [9.17, 15) is 4.79 Å². The number of esters is 1. The number of carbonyl (C=O) groups is 1. The number of pyridine rings is 1. The summed E-state index contributed by atoms with van der Waals surface area (Å²) in [6.45, 7) is 6.10. The normalized spacial score (nSPS) is 12.6. The van der Waals surface area contributed by atoms with Gasteiger partial charge in [0.05, 0.1) is 6.10 Å². The molecular weight excluding hydrogens is 270 g/mol. The zero-order valence-corrected chi connectivity index (χ0v) is 11.3. The Kier molecular flexibility index (Phi) is 4.93. The van der Waals surface area contributed by atoms with Gasteiger partial charge in [-0.15, -0.1) is 0 Å². The number of hydrogen-bond acceptors (Lipinski definition) is 3. The Labute approximate surface area is 104 Å². The molecular formula is C12H16BrNO2. The van der Waals surface area contributed by atoms with Crippen LogP contribution in [0.2, 0.25) is 0 Å². The van der Waals surface area contributed by atoms with Gasteiger partial charge in [0.2, 0.25) is 0 Å². The highest BCUT2D eigenvalue weighted by Gasteiger charge is 2.14. The molecule has 0 aliphatic rings. The minimum Gasteiger partial charge on any atom is -0.458 e. The molecule has 1 atom stereocenters. The minimum atomic E-state index is -0.366. The Morgan fingerprint density at radius 1 is 1.44 bits per heavy atom. The summed E-state index contributed by atoms with van der Waals surface area (Å²) < 4.78 is 5.92. The number of rotatable bonds is 4. The molecule has 16 heavy (non-hydrogen) atoms. The number of nitrogens with zero attached hydrogens (tertiary/aromatic N) is 1. The smallest absolute Gasteiger partial charge is 0.357 e. The lowest BCUT2D eigenvalue weighted by Gasteiger charge is -2.14. The maximum atomic E-state index is 11.7. The number of halogens is 1. The van der Waals surface area contributed by atoms with Crippen molar-refractivity contribution in [2.45, 2.75) is 33.3 Å². The van der Waals surface area contributed by atoms with Crippen LogP contribution in [-0.2, 0) is 4.74 Å². The van der Waals surface area contributed by atoms with E-state index in [2.05, 4.69) is 34.8 Å². The summed E-state index contributed by atoms with van der Waals surface area (Å²) in [5, 5.41) is 0. The summed E-state index contributed by atoms with van der Waals surface area (Å²) in [5.74, 6) is 0.146. The molecule has 0 aliphatic carbocycles. The lowest BCUT2D eigenvalue weighted by atomic mass is 10.1. The fraction of sp³-hybridized carbons (Fsp3) is 0.500. The maximum Gasteiger partial charge on any atom is 0.357 e. The van der Waals surface area contributed by atoms with Crippen LogP contribution in [0.3, 0.4) is 0 Å². The maximum absolute atomic E-state index is 11.7. The van der Waals surface area contributed by atoms with Gasteiger partial charge in [-0.05, 0) is 47.3 Å². The van der Waals surface area contributed by atoms with Crippen molar-refractivity contribution in [2.24, 2.45) is 5.92 Å². The second-order valence-corrected chi connectivity index (χ2v) is 5.00. The van der Waals surface area contributed by atoms with E-state index in [-0.39, 0.29) is 12.1 Å². The van der Waals surface area contributed by atoms with E-state index in [1.165, 1.54) is 0 Å². The minimum absolute atomic E-state index is 0.0757. The molecule has 0 aliphatic heterocycles. The molecule has 3 nitrogen and oxygen atoms in total. The van der Waals surface area contributed by atoms with Crippen LogP contribution in [0.25, 0.3) is 0 Å². The Hall–Kier alpha value is -0.900. The van der Waals surface area contributed by atoms with Gasteiger partial charge < -0.3 is 4.74 Å². The van der Waals surface area contributed by atoms with Crippen molar-refractivity contribution in [3.63, 3.8) is 0 Å². The summed E-state index contributed by atoms with van der Waals surface area (Å²) in [6.07, 6.45) is 0.785. The first-order chi connectivity index (χ1) is 7.49. The van der Waals surface area contributed by atoms with Crippen molar-refractivity contribution >= 4 is 21.9 Å². The van der Waals surface area contributed by atoms with E-state index in [4.69, 9.17) is 4.74 Å². The van der Waals surface area contributed by atoms with Crippen molar-refractivity contribution < 1.29 is 9.53 Å². The predicted octanol–water partition coefficient (Wildman–Crippen LogP) is 3.44. The highest BCUT2D eigenvalue weighted by atomic mass is 79.9. The molecule has 0 saturated carbocycles. The summed E-state index contributed by atoms with van der Waals surface area (Å²) in [4.78, 5) is 15.7. The van der Waals surface area contributed by atoms with Crippen molar-refractivity contribution in [2.75, 3.05) is 0 Å². The van der Waals surface area contributed by atoms with Crippen molar-refractivity contribution in [1.29, 1.82) is 0 Å². The van der Waals surface area contributed by atoms with Gasteiger partial charge in [-0.2, -0.15) is 0 Å². The molecule has 0 aromatic carbocycles. The van der Waals surface area contributed by atoms with Crippen LogP contribution in [0.4, 0.5) is 0 Å². The quantitative estimate of drug-likeness (QED) is 0.628. The van der Waals surface area contributed by atoms with Gasteiger partial charge in [-0.3, -0.25) is 0 Å². The molecule has 1 heterocycles. The van der Waals surface area contributed by atoms with Crippen LogP contribution in [0.1, 0.15) is 37.7 Å². The monoisotopic (exact) mass is 285 g/mol. The number of ether oxygens (including phenoxy) is 1. The van der Waals surface area contributed by atoms with Crippen molar-refractivity contribution in [3.05, 3.63) is 28.5 Å². The summed E-state index contributed by atoms with van der Waals surface area (Å²) in [7, 11) is 0. The lowest BCUT2D eigenvalue weighted by molar-refractivity contribution is 0.0292. The molecule has 1 aromatic rings. The molecule has 0 saturated heterocycles. The first-order valence-corrected chi connectivity index (χ1v) is 6.12. The van der Waals surface area contributed by atoms with E-state index < -0.39 is 0 Å². The molecule has 4 heteroatoms. The average Bonchev–Trinajstić information content (AvgIpc) is 2.16. The number of hydrogen-bond donors (Lipinski definition) is 0. The Morgan fingerprint density at radius 3 is 2.69 bits per heavy atom. The Morgan fingerprint density at radius 2 is 2.12 bits per heavy atom. The van der Waals surface area contributed by atoms with Gasteiger partial charge in [-0.25, -0.2) is 9.78 Å². The van der Waals surface area contributed by atoms with E-state index >= 15 is 0 Å². The lowest BCUT2D eigenvalue weighted by Crippen LogP contribution is -2.17. The predicted molar refractivity (Wildman–Crippen MR) is 66.3 cm³/mol. The molecule has 0 radical (unpaired) electrons. The topological polar surface area (TPSA) is 39.2 Å². The largest absolute Gasteiger partial charge is 0.458 e. The molecule has 0 amide bonds. The molecule has 0 fully saturated rings. The summed E-state index contributed by atoms with van der Waals surface area (Å²) in [6, 6.07) is 5.18. The zero-order valence-electron chi connectivity index (χ0n) is 9.74. The number of aromatic nitrogens is 1. The summed E-state index contributed by atoms with van der Waals surface area (Å²) in [5.41, 5.74) is 0.338. The van der Waals surface area contributed by atoms with Crippen LogP contribution in [0.5, 0.6) is 0 Å². The van der Waals surface area contributed by atoms with Gasteiger partial charge in [0.25, 0.3) is 0 Å². The van der Waals surface area contributed by atoms with Gasteiger partial charge in [0.1, 0.15) is 10.3 Å². The molecule has 88 valence electrons. The van der Waals surface area contributed by atoms with Crippen LogP contribution in [-0.4, -0.2) is 17.1 Å². The molecule has 0 N–H and O–H groups in total.